The standard InChI is InChI=1S/C17H22N6O/c1-11-5-6-23(15(24)8-18-3)9-14(11)22(4)17-13-7-12(2)21-16(13)19-10-20-17/h7,10-11,14H,5-6,8-9H2,1-2,4H3,(H,19,20,21)/t11-,14+/m1/s1/i1D3,5D2,6D2,7D,9D2,14D. The zero-order valence-corrected chi connectivity index (χ0v) is 13.0. The largest absolute Gasteiger partial charge is 0.354 e. The Kier molecular flexibility index (Phi) is 2.03. The van der Waals surface area contributed by atoms with Crippen molar-refractivity contribution in [2.45, 2.75) is 26.2 Å². The van der Waals surface area contributed by atoms with Crippen LogP contribution in [-0.2, 0) is 4.79 Å². The van der Waals surface area contributed by atoms with Crippen LogP contribution in [0.2, 0.25) is 0 Å². The molecule has 0 saturated carbocycles. The molecular formula is C17H22N6O. The average Bonchev–Trinajstić information content (AvgIpc) is 2.98. The molecule has 2 aromatic heterocycles. The summed E-state index contributed by atoms with van der Waals surface area (Å²) in [5, 5.41) is -0.00704. The SMILES string of the molecule is [2H]c1c(C)[nH]c2ncnc(N(C)[C@]3([2H])[C@H](C([2H])([2H])[2H])C([2H])([2H])C([2H])([2H])N(C(=O)C[N+]#[C-])C3([2H])[2H])c12. The summed E-state index contributed by atoms with van der Waals surface area (Å²) in [5.41, 5.74) is 0.461. The maximum absolute atomic E-state index is 12.8. The average molecular weight is 337 g/mol. The number of fused-ring (bicyclic) bond motifs is 1. The molecule has 0 aliphatic carbocycles. The van der Waals surface area contributed by atoms with Crippen LogP contribution in [0.15, 0.2) is 12.4 Å². The van der Waals surface area contributed by atoms with Crippen molar-refractivity contribution in [1.82, 2.24) is 19.9 Å². The van der Waals surface area contributed by atoms with Crippen molar-refractivity contribution in [2.75, 3.05) is 31.5 Å². The number of likely N-dealkylation sites (tertiary alicyclic amines) is 1. The van der Waals surface area contributed by atoms with Crippen molar-refractivity contribution < 1.29 is 19.9 Å². The number of anilines is 1. The number of rotatable bonds is 3. The van der Waals surface area contributed by atoms with Gasteiger partial charge in [0.05, 0.1) is 16.9 Å². The van der Waals surface area contributed by atoms with E-state index in [1.807, 2.05) is 0 Å². The van der Waals surface area contributed by atoms with Gasteiger partial charge in [0.15, 0.2) is 0 Å². The number of piperidine rings is 1. The molecular weight excluding hydrogens is 304 g/mol. The topological polar surface area (TPSA) is 69.5 Å². The molecule has 1 amide bonds. The minimum Gasteiger partial charge on any atom is -0.354 e. The molecule has 1 N–H and O–H groups in total. The van der Waals surface area contributed by atoms with Gasteiger partial charge in [0.1, 0.15) is 17.8 Å². The van der Waals surface area contributed by atoms with E-state index in [-0.39, 0.29) is 27.8 Å². The van der Waals surface area contributed by atoms with E-state index in [0.29, 0.717) is 10.6 Å². The van der Waals surface area contributed by atoms with Gasteiger partial charge in [-0.05, 0) is 25.3 Å². The highest BCUT2D eigenvalue weighted by molar-refractivity contribution is 5.88. The fourth-order valence-electron chi connectivity index (χ4n) is 2.29. The second-order valence-electron chi connectivity index (χ2n) is 5.09. The van der Waals surface area contributed by atoms with Gasteiger partial charge in [0, 0.05) is 35.3 Å². The Morgan fingerprint density at radius 1 is 1.75 bits per heavy atom. The fourth-order valence-corrected chi connectivity index (χ4v) is 2.29. The van der Waals surface area contributed by atoms with E-state index in [0.717, 1.165) is 13.4 Å². The first-order valence-electron chi connectivity index (χ1n) is 12.5. The lowest BCUT2D eigenvalue weighted by Crippen LogP contribution is -2.53. The number of H-pyrrole nitrogens is 1. The van der Waals surface area contributed by atoms with E-state index in [4.69, 9.17) is 20.3 Å². The number of amides is 1. The number of hydrogen-bond donors (Lipinski definition) is 1. The number of aromatic amines is 1. The van der Waals surface area contributed by atoms with E-state index in [2.05, 4.69) is 19.8 Å². The third kappa shape index (κ3) is 2.92. The van der Waals surface area contributed by atoms with E-state index >= 15 is 0 Å². The van der Waals surface area contributed by atoms with Gasteiger partial charge in [-0.1, -0.05) is 6.85 Å². The Morgan fingerprint density at radius 3 is 3.33 bits per heavy atom. The summed E-state index contributed by atoms with van der Waals surface area (Å²) in [6.07, 6.45) is -2.48. The number of nitrogens with zero attached hydrogens (tertiary/aromatic N) is 5. The molecule has 1 saturated heterocycles. The number of carbonyl (C=O) groups excluding carboxylic acids is 1. The van der Waals surface area contributed by atoms with Gasteiger partial charge in [-0.15, -0.1) is 0 Å². The molecule has 1 fully saturated rings. The summed E-state index contributed by atoms with van der Waals surface area (Å²) >= 11 is 0. The highest BCUT2D eigenvalue weighted by Crippen LogP contribution is 2.29. The number of hydrogen-bond acceptors (Lipinski definition) is 4. The van der Waals surface area contributed by atoms with Gasteiger partial charge in [-0.3, -0.25) is 4.79 Å². The third-order valence-electron chi connectivity index (χ3n) is 3.41. The zero-order valence-electron chi connectivity index (χ0n) is 24.0. The second kappa shape index (κ2) is 6.48. The van der Waals surface area contributed by atoms with Gasteiger partial charge < -0.3 is 19.6 Å². The van der Waals surface area contributed by atoms with Crippen LogP contribution in [0.3, 0.4) is 0 Å². The summed E-state index contributed by atoms with van der Waals surface area (Å²) in [4.78, 5) is 26.9. The van der Waals surface area contributed by atoms with Crippen molar-refractivity contribution in [1.29, 1.82) is 0 Å². The van der Waals surface area contributed by atoms with Crippen LogP contribution < -0.4 is 4.90 Å². The van der Waals surface area contributed by atoms with Crippen molar-refractivity contribution in [3.8, 4) is 0 Å². The zero-order chi connectivity index (χ0) is 26.9. The van der Waals surface area contributed by atoms with Crippen LogP contribution in [0.25, 0.3) is 15.9 Å². The normalized spacial score (nSPS) is 37.5. The molecule has 7 heteroatoms. The highest BCUT2D eigenvalue weighted by atomic mass is 16.2. The summed E-state index contributed by atoms with van der Waals surface area (Å²) in [5.74, 6) is -4.42. The Bertz CT molecular complexity index is 1220. The lowest BCUT2D eigenvalue weighted by Gasteiger charge is -2.41. The maximum atomic E-state index is 12.8. The monoisotopic (exact) mass is 337 g/mol. The molecule has 126 valence electrons. The van der Waals surface area contributed by atoms with Crippen molar-refractivity contribution in [2.24, 2.45) is 5.92 Å². The first-order valence-corrected chi connectivity index (χ1v) is 6.99. The number of likely N-dealkylation sites (N-methyl/N-ethyl adjacent to an activating group) is 1. The first-order chi connectivity index (χ1) is 15.8. The van der Waals surface area contributed by atoms with Crippen LogP contribution in [0.4, 0.5) is 5.82 Å². The van der Waals surface area contributed by atoms with Gasteiger partial charge in [-0.25, -0.2) is 16.5 Å². The quantitative estimate of drug-likeness (QED) is 0.868. The number of carbonyl (C=O) groups is 1. The third-order valence-corrected chi connectivity index (χ3v) is 3.41. The van der Waals surface area contributed by atoms with Crippen LogP contribution in [-0.4, -0.2) is 58.4 Å². The molecule has 3 rings (SSSR count). The molecule has 1 aliphatic heterocycles. The van der Waals surface area contributed by atoms with Crippen molar-refractivity contribution in [3.05, 3.63) is 29.5 Å². The molecule has 2 atom stereocenters. The summed E-state index contributed by atoms with van der Waals surface area (Å²) in [6.45, 7) is -3.05. The van der Waals surface area contributed by atoms with E-state index in [1.165, 1.54) is 0 Å². The molecule has 0 radical (unpaired) electrons. The molecule has 0 aromatic carbocycles. The molecule has 24 heavy (non-hydrogen) atoms. The second-order valence-corrected chi connectivity index (χ2v) is 5.09. The van der Waals surface area contributed by atoms with E-state index in [1.54, 1.807) is 6.92 Å². The Morgan fingerprint density at radius 2 is 2.58 bits per heavy atom. The van der Waals surface area contributed by atoms with Crippen LogP contribution in [0.5, 0.6) is 0 Å². The Hall–Kier alpha value is -2.62. The molecule has 7 nitrogen and oxygen atoms in total. The Balaban J connectivity index is 2.43. The maximum Gasteiger partial charge on any atom is 0.302 e. The van der Waals surface area contributed by atoms with Gasteiger partial charge in [0.25, 0.3) is 6.54 Å². The lowest BCUT2D eigenvalue weighted by atomic mass is 9.92. The first kappa shape index (κ1) is 7.51. The molecule has 0 spiro atoms. The lowest BCUT2D eigenvalue weighted by molar-refractivity contribution is -0.130. The summed E-state index contributed by atoms with van der Waals surface area (Å²) in [7, 11) is 1.06. The van der Waals surface area contributed by atoms with Crippen LogP contribution >= 0.6 is 0 Å². The van der Waals surface area contributed by atoms with Crippen LogP contribution in [0.1, 0.15) is 34.0 Å². The fraction of sp³-hybridized carbons (Fsp3) is 0.529. The van der Waals surface area contributed by atoms with Crippen molar-refractivity contribution in [3.63, 3.8) is 0 Å². The number of aromatic nitrogens is 3. The molecule has 3 heterocycles. The molecule has 1 aliphatic rings. The van der Waals surface area contributed by atoms with E-state index < -0.39 is 50.6 Å². The Labute approximate surface area is 157 Å². The summed E-state index contributed by atoms with van der Waals surface area (Å²) in [6, 6.07) is -3.35. The molecule has 2 aromatic rings. The summed E-state index contributed by atoms with van der Waals surface area (Å²) < 4.78 is 92.5. The molecule has 0 unspecified atom stereocenters. The van der Waals surface area contributed by atoms with Crippen molar-refractivity contribution >= 4 is 22.8 Å². The van der Waals surface area contributed by atoms with Gasteiger partial charge in [-0.2, -0.15) is 0 Å². The number of nitrogens with one attached hydrogen (secondary N) is 1. The number of aryl methyl sites for hydroxylation is 1. The van der Waals surface area contributed by atoms with E-state index in [9.17, 15) is 6.17 Å². The predicted molar refractivity (Wildman–Crippen MR) is 92.6 cm³/mol. The minimum absolute atomic E-state index is 0.00704. The molecule has 0 bridgehead atoms. The van der Waals surface area contributed by atoms with Crippen LogP contribution in [0, 0.1) is 19.4 Å². The highest BCUT2D eigenvalue weighted by Gasteiger charge is 2.33. The minimum atomic E-state index is -3.55. The van der Waals surface area contributed by atoms with Gasteiger partial charge in [0.2, 0.25) is 0 Å². The van der Waals surface area contributed by atoms with Gasteiger partial charge >= 0.3 is 5.91 Å². The predicted octanol–water partition coefficient (Wildman–Crippen LogP) is 1.86. The smallest absolute Gasteiger partial charge is 0.302 e.